The fourth-order valence-corrected chi connectivity index (χ4v) is 2.54. The Kier molecular flexibility index (Phi) is 5.23. The molecule has 2 rings (SSSR count). The number of aromatic hydroxyl groups is 1. The summed E-state index contributed by atoms with van der Waals surface area (Å²) in [6.07, 6.45) is 0.975. The monoisotopic (exact) mass is 285 g/mol. The second-order valence-corrected chi connectivity index (χ2v) is 5.18. The highest BCUT2D eigenvalue weighted by atomic mass is 16.5. The van der Waals surface area contributed by atoms with Crippen LogP contribution in [0.1, 0.15) is 43.5 Å². The second kappa shape index (κ2) is 7.14. The summed E-state index contributed by atoms with van der Waals surface area (Å²) < 4.78 is 5.46. The zero-order valence-electron chi connectivity index (χ0n) is 12.8. The highest BCUT2D eigenvalue weighted by Crippen LogP contribution is 2.29. The van der Waals surface area contributed by atoms with E-state index in [1.807, 2.05) is 30.3 Å². The standard InChI is InChI=1S/C18H23NO2/c1-4-17(16-7-5-6-8-18(16)21-3)19-13(2)14-9-11-15(20)12-10-14/h5-13,17,19-20H,4H2,1-3H3. The normalized spacial score (nSPS) is 13.7. The number of hydrogen-bond acceptors (Lipinski definition) is 3. The van der Waals surface area contributed by atoms with Gasteiger partial charge in [-0.05, 0) is 37.1 Å². The molecule has 0 radical (unpaired) electrons. The fraction of sp³-hybridized carbons (Fsp3) is 0.333. The van der Waals surface area contributed by atoms with Gasteiger partial charge in [0.2, 0.25) is 0 Å². The predicted octanol–water partition coefficient (Wildman–Crippen LogP) is 4.20. The van der Waals surface area contributed by atoms with Crippen molar-refractivity contribution in [3.63, 3.8) is 0 Å². The first-order valence-corrected chi connectivity index (χ1v) is 7.33. The molecule has 0 aromatic heterocycles. The second-order valence-electron chi connectivity index (χ2n) is 5.18. The zero-order chi connectivity index (χ0) is 15.2. The SMILES string of the molecule is CCC(NC(C)c1ccc(O)cc1)c1ccccc1OC. The molecule has 0 aliphatic heterocycles. The van der Waals surface area contributed by atoms with Crippen LogP contribution in [0.2, 0.25) is 0 Å². The minimum atomic E-state index is 0.195. The maximum absolute atomic E-state index is 9.38. The smallest absolute Gasteiger partial charge is 0.123 e. The van der Waals surface area contributed by atoms with Crippen molar-refractivity contribution in [1.82, 2.24) is 5.32 Å². The number of hydrogen-bond donors (Lipinski definition) is 2. The minimum absolute atomic E-state index is 0.195. The molecule has 0 aliphatic rings. The van der Waals surface area contributed by atoms with E-state index in [0.29, 0.717) is 5.75 Å². The Hall–Kier alpha value is -2.00. The number of methoxy groups -OCH3 is 1. The van der Waals surface area contributed by atoms with E-state index in [2.05, 4.69) is 25.2 Å². The number of benzene rings is 2. The molecule has 21 heavy (non-hydrogen) atoms. The maximum atomic E-state index is 9.38. The lowest BCUT2D eigenvalue weighted by molar-refractivity contribution is 0.388. The number of rotatable bonds is 6. The van der Waals surface area contributed by atoms with Crippen molar-refractivity contribution in [1.29, 1.82) is 0 Å². The summed E-state index contributed by atoms with van der Waals surface area (Å²) in [6.45, 7) is 4.29. The Balaban J connectivity index is 2.16. The van der Waals surface area contributed by atoms with Gasteiger partial charge < -0.3 is 15.2 Å². The van der Waals surface area contributed by atoms with E-state index in [1.54, 1.807) is 19.2 Å². The van der Waals surface area contributed by atoms with Gasteiger partial charge in [0, 0.05) is 17.6 Å². The van der Waals surface area contributed by atoms with E-state index < -0.39 is 0 Å². The van der Waals surface area contributed by atoms with Crippen LogP contribution in [-0.2, 0) is 0 Å². The Morgan fingerprint density at radius 1 is 1.10 bits per heavy atom. The van der Waals surface area contributed by atoms with Gasteiger partial charge in [-0.1, -0.05) is 37.3 Å². The van der Waals surface area contributed by atoms with E-state index in [-0.39, 0.29) is 12.1 Å². The molecule has 2 N–H and O–H groups in total. The topological polar surface area (TPSA) is 41.5 Å². The molecule has 0 heterocycles. The quantitative estimate of drug-likeness (QED) is 0.835. The van der Waals surface area contributed by atoms with Crippen LogP contribution in [0.25, 0.3) is 0 Å². The van der Waals surface area contributed by atoms with Crippen molar-refractivity contribution in [2.45, 2.75) is 32.4 Å². The van der Waals surface area contributed by atoms with Gasteiger partial charge >= 0.3 is 0 Å². The van der Waals surface area contributed by atoms with Gasteiger partial charge in [-0.25, -0.2) is 0 Å². The Morgan fingerprint density at radius 2 is 1.76 bits per heavy atom. The summed E-state index contributed by atoms with van der Waals surface area (Å²) in [7, 11) is 1.70. The lowest BCUT2D eigenvalue weighted by Crippen LogP contribution is -2.24. The third-order valence-electron chi connectivity index (χ3n) is 3.77. The number of para-hydroxylation sites is 1. The van der Waals surface area contributed by atoms with Gasteiger partial charge in [0.05, 0.1) is 7.11 Å². The maximum Gasteiger partial charge on any atom is 0.123 e. The summed E-state index contributed by atoms with van der Waals surface area (Å²) in [5.74, 6) is 1.21. The lowest BCUT2D eigenvalue weighted by atomic mass is 10.0. The van der Waals surface area contributed by atoms with Crippen molar-refractivity contribution in [2.24, 2.45) is 0 Å². The molecular formula is C18H23NO2. The van der Waals surface area contributed by atoms with Crippen LogP contribution in [0.5, 0.6) is 11.5 Å². The highest BCUT2D eigenvalue weighted by Gasteiger charge is 2.17. The number of phenolic OH excluding ortho intramolecular Hbond substituents is 1. The highest BCUT2D eigenvalue weighted by molar-refractivity contribution is 5.36. The first kappa shape index (κ1) is 15.4. The summed E-state index contributed by atoms with van der Waals surface area (Å²) in [4.78, 5) is 0. The van der Waals surface area contributed by atoms with Gasteiger partial charge in [0.15, 0.2) is 0 Å². The van der Waals surface area contributed by atoms with E-state index in [9.17, 15) is 5.11 Å². The summed E-state index contributed by atoms with van der Waals surface area (Å²) in [5.41, 5.74) is 2.33. The zero-order valence-corrected chi connectivity index (χ0v) is 12.8. The van der Waals surface area contributed by atoms with Crippen LogP contribution in [-0.4, -0.2) is 12.2 Å². The Labute approximate surface area is 126 Å². The lowest BCUT2D eigenvalue weighted by Gasteiger charge is -2.24. The Morgan fingerprint density at radius 3 is 2.38 bits per heavy atom. The van der Waals surface area contributed by atoms with Gasteiger partial charge in [-0.3, -0.25) is 0 Å². The average molecular weight is 285 g/mol. The van der Waals surface area contributed by atoms with Crippen molar-refractivity contribution >= 4 is 0 Å². The first-order valence-electron chi connectivity index (χ1n) is 7.33. The van der Waals surface area contributed by atoms with Crippen molar-refractivity contribution in [2.75, 3.05) is 7.11 Å². The molecule has 2 aromatic carbocycles. The molecule has 2 aromatic rings. The number of ether oxygens (including phenoxy) is 1. The molecule has 2 atom stereocenters. The van der Waals surface area contributed by atoms with Crippen LogP contribution in [0, 0.1) is 0 Å². The average Bonchev–Trinajstić information content (AvgIpc) is 2.53. The molecule has 0 fully saturated rings. The molecule has 0 aliphatic carbocycles. The summed E-state index contributed by atoms with van der Waals surface area (Å²) in [5, 5.41) is 13.0. The molecule has 0 bridgehead atoms. The van der Waals surface area contributed by atoms with E-state index in [4.69, 9.17) is 4.74 Å². The first-order chi connectivity index (χ1) is 10.2. The molecule has 0 saturated carbocycles. The fourth-order valence-electron chi connectivity index (χ4n) is 2.54. The molecule has 3 heteroatoms. The van der Waals surface area contributed by atoms with Gasteiger partial charge in [-0.2, -0.15) is 0 Å². The van der Waals surface area contributed by atoms with Crippen molar-refractivity contribution in [3.05, 3.63) is 59.7 Å². The van der Waals surface area contributed by atoms with Crippen LogP contribution in [0.4, 0.5) is 0 Å². The molecule has 3 nitrogen and oxygen atoms in total. The number of phenols is 1. The molecule has 0 amide bonds. The van der Waals surface area contributed by atoms with E-state index >= 15 is 0 Å². The van der Waals surface area contributed by atoms with Crippen molar-refractivity contribution in [3.8, 4) is 11.5 Å². The van der Waals surface area contributed by atoms with Gasteiger partial charge in [0.1, 0.15) is 11.5 Å². The Bertz CT molecular complexity index is 566. The molecule has 0 spiro atoms. The molecule has 2 unspecified atom stereocenters. The molecule has 112 valence electrons. The van der Waals surface area contributed by atoms with Gasteiger partial charge in [-0.15, -0.1) is 0 Å². The molecular weight excluding hydrogens is 262 g/mol. The van der Waals surface area contributed by atoms with Crippen LogP contribution in [0.15, 0.2) is 48.5 Å². The van der Waals surface area contributed by atoms with Gasteiger partial charge in [0.25, 0.3) is 0 Å². The largest absolute Gasteiger partial charge is 0.508 e. The van der Waals surface area contributed by atoms with Crippen LogP contribution >= 0.6 is 0 Å². The third-order valence-corrected chi connectivity index (χ3v) is 3.77. The molecule has 0 saturated heterocycles. The minimum Gasteiger partial charge on any atom is -0.508 e. The third kappa shape index (κ3) is 3.76. The number of nitrogens with one attached hydrogen (secondary N) is 1. The van der Waals surface area contributed by atoms with E-state index in [0.717, 1.165) is 17.7 Å². The summed E-state index contributed by atoms with van der Waals surface area (Å²) in [6, 6.07) is 15.9. The van der Waals surface area contributed by atoms with E-state index in [1.165, 1.54) is 5.56 Å². The summed E-state index contributed by atoms with van der Waals surface area (Å²) >= 11 is 0. The van der Waals surface area contributed by atoms with Crippen LogP contribution in [0.3, 0.4) is 0 Å². The van der Waals surface area contributed by atoms with Crippen LogP contribution < -0.4 is 10.1 Å². The van der Waals surface area contributed by atoms with Crippen molar-refractivity contribution < 1.29 is 9.84 Å². The predicted molar refractivity (Wildman–Crippen MR) is 85.7 cm³/mol.